The summed E-state index contributed by atoms with van der Waals surface area (Å²) < 4.78 is 3.09. The third kappa shape index (κ3) is 2.61. The van der Waals surface area contributed by atoms with Crippen molar-refractivity contribution >= 4 is 22.8 Å². The number of imidazole rings is 1. The molecular weight excluding hydrogens is 298 g/mol. The van der Waals surface area contributed by atoms with Crippen molar-refractivity contribution in [1.82, 2.24) is 25.0 Å². The van der Waals surface area contributed by atoms with Gasteiger partial charge in [0.1, 0.15) is 5.69 Å². The van der Waals surface area contributed by atoms with Gasteiger partial charge in [0.25, 0.3) is 11.8 Å². The van der Waals surface area contributed by atoms with Crippen LogP contribution in [0, 0.1) is 0 Å². The second kappa shape index (κ2) is 5.48. The summed E-state index contributed by atoms with van der Waals surface area (Å²) in [6, 6.07) is 8.18. The van der Waals surface area contributed by atoms with Gasteiger partial charge in [-0.15, -0.1) is 0 Å². The van der Waals surface area contributed by atoms with E-state index < -0.39 is 11.8 Å². The lowest BCUT2D eigenvalue weighted by molar-refractivity contribution is 0.0842. The van der Waals surface area contributed by atoms with E-state index in [2.05, 4.69) is 15.8 Å². The number of carbonyl (C=O) groups excluding carboxylic acids is 2. The molecule has 2 amide bonds. The number of nitrogens with one attached hydrogen (secondary N) is 3. The van der Waals surface area contributed by atoms with E-state index in [1.165, 1.54) is 4.57 Å². The SMILES string of the molecule is Cn1cccc1C(=O)NNC(=O)c1ccc2c(c1)[nH]c(=O)n2C. The van der Waals surface area contributed by atoms with Gasteiger partial charge < -0.3 is 9.55 Å². The molecule has 3 rings (SSSR count). The van der Waals surface area contributed by atoms with Gasteiger partial charge in [0, 0.05) is 25.9 Å². The van der Waals surface area contributed by atoms with Crippen LogP contribution < -0.4 is 16.5 Å². The summed E-state index contributed by atoms with van der Waals surface area (Å²) in [6.45, 7) is 0. The number of aromatic nitrogens is 3. The molecule has 0 saturated heterocycles. The number of aromatic amines is 1. The number of aryl methyl sites for hydroxylation is 2. The number of amides is 2. The molecule has 0 fully saturated rings. The first-order chi connectivity index (χ1) is 11.0. The Hall–Kier alpha value is -3.29. The lowest BCUT2D eigenvalue weighted by atomic mass is 10.2. The monoisotopic (exact) mass is 313 g/mol. The molecule has 0 saturated carbocycles. The molecule has 0 bridgehead atoms. The Labute approximate surface area is 130 Å². The lowest BCUT2D eigenvalue weighted by Gasteiger charge is -2.08. The normalized spacial score (nSPS) is 10.7. The number of fused-ring (bicyclic) bond motifs is 1. The van der Waals surface area contributed by atoms with Crippen LogP contribution in [-0.2, 0) is 14.1 Å². The first-order valence-corrected chi connectivity index (χ1v) is 6.88. The van der Waals surface area contributed by atoms with Crippen LogP contribution in [0.2, 0.25) is 0 Å². The minimum atomic E-state index is -0.473. The summed E-state index contributed by atoms with van der Waals surface area (Å²) in [5.41, 5.74) is 6.45. The minimum absolute atomic E-state index is 0.255. The van der Waals surface area contributed by atoms with Crippen LogP contribution in [0.3, 0.4) is 0 Å². The van der Waals surface area contributed by atoms with E-state index in [4.69, 9.17) is 0 Å². The molecule has 1 aromatic carbocycles. The van der Waals surface area contributed by atoms with E-state index in [1.807, 2.05) is 0 Å². The van der Waals surface area contributed by atoms with Crippen LogP contribution in [0.15, 0.2) is 41.3 Å². The summed E-state index contributed by atoms with van der Waals surface area (Å²) in [5, 5.41) is 0. The topological polar surface area (TPSA) is 101 Å². The molecule has 118 valence electrons. The van der Waals surface area contributed by atoms with Crippen LogP contribution in [0.25, 0.3) is 11.0 Å². The average Bonchev–Trinajstić information content (AvgIpc) is 3.08. The maximum absolute atomic E-state index is 12.1. The maximum atomic E-state index is 12.1. The van der Waals surface area contributed by atoms with Gasteiger partial charge in [-0.1, -0.05) is 0 Å². The highest BCUT2D eigenvalue weighted by Gasteiger charge is 2.12. The van der Waals surface area contributed by atoms with Crippen molar-refractivity contribution in [3.05, 3.63) is 58.3 Å². The Bertz CT molecular complexity index is 963. The van der Waals surface area contributed by atoms with Gasteiger partial charge >= 0.3 is 5.69 Å². The highest BCUT2D eigenvalue weighted by Crippen LogP contribution is 2.11. The number of nitrogens with zero attached hydrogens (tertiary/aromatic N) is 2. The summed E-state index contributed by atoms with van der Waals surface area (Å²) in [7, 11) is 3.37. The molecule has 8 heteroatoms. The van der Waals surface area contributed by atoms with Crippen LogP contribution in [-0.4, -0.2) is 25.9 Å². The second-order valence-corrected chi connectivity index (χ2v) is 5.13. The number of H-pyrrole nitrogens is 1. The second-order valence-electron chi connectivity index (χ2n) is 5.13. The fourth-order valence-corrected chi connectivity index (χ4v) is 2.33. The molecule has 8 nitrogen and oxygen atoms in total. The van der Waals surface area contributed by atoms with Crippen molar-refractivity contribution in [3.8, 4) is 0 Å². The maximum Gasteiger partial charge on any atom is 0.326 e. The van der Waals surface area contributed by atoms with Crippen molar-refractivity contribution in [2.24, 2.45) is 14.1 Å². The number of rotatable bonds is 2. The number of benzene rings is 1. The smallest absolute Gasteiger partial charge is 0.326 e. The predicted octanol–water partition coefficient (Wildman–Crippen LogP) is 0.280. The molecule has 0 aliphatic rings. The van der Waals surface area contributed by atoms with E-state index in [-0.39, 0.29) is 5.69 Å². The first kappa shape index (κ1) is 14.6. The number of carbonyl (C=O) groups is 2. The zero-order valence-corrected chi connectivity index (χ0v) is 12.6. The van der Waals surface area contributed by atoms with Crippen LogP contribution >= 0.6 is 0 Å². The molecule has 2 aromatic heterocycles. The largest absolute Gasteiger partial charge is 0.347 e. The van der Waals surface area contributed by atoms with E-state index in [1.54, 1.807) is 55.2 Å². The van der Waals surface area contributed by atoms with Crippen LogP contribution in [0.5, 0.6) is 0 Å². The fraction of sp³-hybridized carbons (Fsp3) is 0.133. The molecule has 0 unspecified atom stereocenters. The van der Waals surface area contributed by atoms with E-state index in [0.717, 1.165) is 0 Å². The van der Waals surface area contributed by atoms with Gasteiger partial charge in [0.15, 0.2) is 0 Å². The molecule has 0 radical (unpaired) electrons. The highest BCUT2D eigenvalue weighted by atomic mass is 16.2. The van der Waals surface area contributed by atoms with Gasteiger partial charge in [0.2, 0.25) is 0 Å². The molecule has 0 atom stereocenters. The zero-order valence-electron chi connectivity index (χ0n) is 12.6. The van der Waals surface area contributed by atoms with E-state index in [9.17, 15) is 14.4 Å². The average molecular weight is 313 g/mol. The zero-order chi connectivity index (χ0) is 16.6. The first-order valence-electron chi connectivity index (χ1n) is 6.88. The molecule has 0 aliphatic heterocycles. The molecule has 0 aliphatic carbocycles. The van der Waals surface area contributed by atoms with Crippen molar-refractivity contribution < 1.29 is 9.59 Å². The van der Waals surface area contributed by atoms with Gasteiger partial charge in [-0.25, -0.2) is 4.79 Å². The lowest BCUT2D eigenvalue weighted by Crippen LogP contribution is -2.42. The summed E-state index contributed by atoms with van der Waals surface area (Å²) in [6.07, 6.45) is 1.73. The third-order valence-electron chi connectivity index (χ3n) is 3.63. The summed E-state index contributed by atoms with van der Waals surface area (Å²) in [5.74, 6) is -0.890. The predicted molar refractivity (Wildman–Crippen MR) is 83.9 cm³/mol. The molecular formula is C15H15N5O3. The highest BCUT2D eigenvalue weighted by molar-refractivity contribution is 6.00. The minimum Gasteiger partial charge on any atom is -0.347 e. The van der Waals surface area contributed by atoms with Crippen molar-refractivity contribution in [3.63, 3.8) is 0 Å². The van der Waals surface area contributed by atoms with Crippen LogP contribution in [0.1, 0.15) is 20.8 Å². The van der Waals surface area contributed by atoms with Gasteiger partial charge in [-0.2, -0.15) is 0 Å². The molecule has 2 heterocycles. The summed E-state index contributed by atoms with van der Waals surface area (Å²) in [4.78, 5) is 38.2. The van der Waals surface area contributed by atoms with Crippen molar-refractivity contribution in [1.29, 1.82) is 0 Å². The standard InChI is InChI=1S/C15H15N5O3/c1-19-7-3-4-12(19)14(22)18-17-13(21)9-5-6-11-10(8-9)16-15(23)20(11)2/h3-8H,1-2H3,(H,16,23)(H,17,21)(H,18,22). The van der Waals surface area contributed by atoms with Gasteiger partial charge in [-0.3, -0.25) is 25.0 Å². The number of hydrogen-bond donors (Lipinski definition) is 3. The molecule has 3 N–H and O–H groups in total. The molecule has 3 aromatic rings. The van der Waals surface area contributed by atoms with Crippen molar-refractivity contribution in [2.45, 2.75) is 0 Å². The van der Waals surface area contributed by atoms with E-state index >= 15 is 0 Å². The Morgan fingerprint density at radius 1 is 1.09 bits per heavy atom. The van der Waals surface area contributed by atoms with Crippen molar-refractivity contribution in [2.75, 3.05) is 0 Å². The molecule has 23 heavy (non-hydrogen) atoms. The Morgan fingerprint density at radius 2 is 1.83 bits per heavy atom. The van der Waals surface area contributed by atoms with Gasteiger partial charge in [0.05, 0.1) is 11.0 Å². The number of hydrazine groups is 1. The Balaban J connectivity index is 1.75. The number of hydrogen-bond acceptors (Lipinski definition) is 3. The Morgan fingerprint density at radius 3 is 2.52 bits per heavy atom. The van der Waals surface area contributed by atoms with Crippen LogP contribution in [0.4, 0.5) is 0 Å². The Kier molecular flexibility index (Phi) is 3.49. The quantitative estimate of drug-likeness (QED) is 0.592. The summed E-state index contributed by atoms with van der Waals surface area (Å²) >= 11 is 0. The van der Waals surface area contributed by atoms with E-state index in [0.29, 0.717) is 22.3 Å². The third-order valence-corrected chi connectivity index (χ3v) is 3.63. The fourth-order valence-electron chi connectivity index (χ4n) is 2.33. The molecule has 0 spiro atoms. The van der Waals surface area contributed by atoms with Gasteiger partial charge in [-0.05, 0) is 30.3 Å².